The molecule has 1 saturated carbocycles. The van der Waals surface area contributed by atoms with Crippen LogP contribution in [0.25, 0.3) is 0 Å². The molecule has 4 nitrogen and oxygen atoms in total. The first-order valence-corrected chi connectivity index (χ1v) is 8.51. The van der Waals surface area contributed by atoms with E-state index in [1.807, 2.05) is 6.92 Å². The Morgan fingerprint density at radius 3 is 2.29 bits per heavy atom. The molecule has 1 aliphatic carbocycles. The molecule has 1 unspecified atom stereocenters. The van der Waals surface area contributed by atoms with Gasteiger partial charge >= 0.3 is 5.97 Å². The maximum absolute atomic E-state index is 12.5. The number of carboxylic acid groups (broad SMARTS) is 1. The van der Waals surface area contributed by atoms with Gasteiger partial charge < -0.3 is 10.0 Å². The summed E-state index contributed by atoms with van der Waals surface area (Å²) in [5.41, 5.74) is 0. The van der Waals surface area contributed by atoms with E-state index in [0.29, 0.717) is 13.1 Å². The number of carboxylic acids is 1. The highest BCUT2D eigenvalue weighted by atomic mass is 16.4. The second-order valence-corrected chi connectivity index (χ2v) is 6.48. The third-order valence-corrected chi connectivity index (χ3v) is 4.77. The van der Waals surface area contributed by atoms with E-state index in [0.717, 1.165) is 31.6 Å². The van der Waals surface area contributed by atoms with E-state index in [-0.39, 0.29) is 11.8 Å². The molecule has 0 spiro atoms. The van der Waals surface area contributed by atoms with E-state index in [1.165, 1.54) is 19.3 Å². The molecule has 1 aliphatic rings. The summed E-state index contributed by atoms with van der Waals surface area (Å²) < 4.78 is 0. The number of unbranched alkanes of at least 4 members (excludes halogenated alkanes) is 1. The van der Waals surface area contributed by atoms with Gasteiger partial charge in [0.2, 0.25) is 5.91 Å². The molecule has 1 amide bonds. The Balaban J connectivity index is 2.45. The molecule has 0 aromatic rings. The maximum atomic E-state index is 12.5. The van der Waals surface area contributed by atoms with Crippen LogP contribution in [0.15, 0.2) is 0 Å². The minimum Gasteiger partial charge on any atom is -0.481 e. The van der Waals surface area contributed by atoms with Gasteiger partial charge in [0.05, 0.1) is 5.92 Å². The fraction of sp³-hybridized carbons (Fsp3) is 0.882. The van der Waals surface area contributed by atoms with Crippen LogP contribution < -0.4 is 0 Å². The molecule has 21 heavy (non-hydrogen) atoms. The molecule has 0 saturated heterocycles. The van der Waals surface area contributed by atoms with Crippen LogP contribution in [-0.4, -0.2) is 35.0 Å². The van der Waals surface area contributed by atoms with Crippen molar-refractivity contribution in [2.75, 3.05) is 13.1 Å². The van der Waals surface area contributed by atoms with Gasteiger partial charge in [0.15, 0.2) is 0 Å². The Bertz CT molecular complexity index is 335. The lowest BCUT2D eigenvalue weighted by Gasteiger charge is -2.32. The predicted octanol–water partition coefficient (Wildman–Crippen LogP) is 3.55. The number of amides is 1. The molecule has 0 radical (unpaired) electrons. The molecule has 1 atom stereocenters. The zero-order valence-electron chi connectivity index (χ0n) is 13.8. The zero-order chi connectivity index (χ0) is 15.8. The number of hydrogen-bond donors (Lipinski definition) is 1. The van der Waals surface area contributed by atoms with E-state index in [9.17, 15) is 9.59 Å². The maximum Gasteiger partial charge on any atom is 0.308 e. The molecule has 4 heteroatoms. The van der Waals surface area contributed by atoms with Crippen LogP contribution in [0.2, 0.25) is 0 Å². The van der Waals surface area contributed by atoms with Crippen molar-refractivity contribution in [2.45, 2.75) is 65.7 Å². The Morgan fingerprint density at radius 2 is 1.81 bits per heavy atom. The minimum absolute atomic E-state index is 0.115. The number of carbonyl (C=O) groups excluding carboxylic acids is 1. The summed E-state index contributed by atoms with van der Waals surface area (Å²) in [4.78, 5) is 25.2. The fourth-order valence-corrected chi connectivity index (χ4v) is 3.23. The largest absolute Gasteiger partial charge is 0.481 e. The van der Waals surface area contributed by atoms with Gasteiger partial charge in [-0.2, -0.15) is 0 Å². The first kappa shape index (κ1) is 18.0. The molecule has 1 fully saturated rings. The standard InChI is InChI=1S/C17H31NO3/c1-4-6-7-14-8-10-15(11-9-14)16(19)18(5-2)12-13(3)17(20)21/h13-15H,4-12H2,1-3H3,(H,20,21). The normalized spacial score (nSPS) is 23.6. The third-order valence-electron chi connectivity index (χ3n) is 4.77. The summed E-state index contributed by atoms with van der Waals surface area (Å²) in [5.74, 6) is -0.246. The third kappa shape index (κ3) is 5.68. The Labute approximate surface area is 128 Å². The minimum atomic E-state index is -0.829. The van der Waals surface area contributed by atoms with Crippen LogP contribution in [0.3, 0.4) is 0 Å². The smallest absolute Gasteiger partial charge is 0.308 e. The molecule has 0 heterocycles. The van der Waals surface area contributed by atoms with E-state index in [2.05, 4.69) is 6.92 Å². The molecular weight excluding hydrogens is 266 g/mol. The number of aliphatic carboxylic acids is 1. The van der Waals surface area contributed by atoms with E-state index in [4.69, 9.17) is 5.11 Å². The van der Waals surface area contributed by atoms with Gasteiger partial charge in [-0.15, -0.1) is 0 Å². The average Bonchev–Trinajstić information content (AvgIpc) is 2.50. The van der Waals surface area contributed by atoms with Gasteiger partial charge in [-0.25, -0.2) is 0 Å². The van der Waals surface area contributed by atoms with Gasteiger partial charge in [-0.05, 0) is 38.5 Å². The predicted molar refractivity (Wildman–Crippen MR) is 84.0 cm³/mol. The van der Waals surface area contributed by atoms with Crippen LogP contribution in [0.5, 0.6) is 0 Å². The fourth-order valence-electron chi connectivity index (χ4n) is 3.23. The van der Waals surface area contributed by atoms with Crippen LogP contribution in [0.1, 0.15) is 65.7 Å². The van der Waals surface area contributed by atoms with Gasteiger partial charge in [0.1, 0.15) is 0 Å². The van der Waals surface area contributed by atoms with Crippen molar-refractivity contribution in [3.05, 3.63) is 0 Å². The summed E-state index contributed by atoms with van der Waals surface area (Å²) in [7, 11) is 0. The molecule has 1 rings (SSSR count). The lowest BCUT2D eigenvalue weighted by atomic mass is 9.79. The topological polar surface area (TPSA) is 57.6 Å². The lowest BCUT2D eigenvalue weighted by molar-refractivity contribution is -0.144. The summed E-state index contributed by atoms with van der Waals surface area (Å²) in [6, 6.07) is 0. The number of carbonyl (C=O) groups is 2. The Morgan fingerprint density at radius 1 is 1.19 bits per heavy atom. The van der Waals surface area contributed by atoms with Crippen LogP contribution in [-0.2, 0) is 9.59 Å². The van der Waals surface area contributed by atoms with Crippen molar-refractivity contribution < 1.29 is 14.7 Å². The second-order valence-electron chi connectivity index (χ2n) is 6.48. The summed E-state index contributed by atoms with van der Waals surface area (Å²) in [5, 5.41) is 9.00. The van der Waals surface area contributed by atoms with Crippen molar-refractivity contribution in [1.29, 1.82) is 0 Å². The quantitative estimate of drug-likeness (QED) is 0.745. The molecule has 0 aromatic heterocycles. The Kier molecular flexibility index (Phi) is 7.76. The van der Waals surface area contributed by atoms with E-state index in [1.54, 1.807) is 11.8 Å². The van der Waals surface area contributed by atoms with Crippen molar-refractivity contribution >= 4 is 11.9 Å². The average molecular weight is 297 g/mol. The lowest BCUT2D eigenvalue weighted by Crippen LogP contribution is -2.41. The SMILES string of the molecule is CCCCC1CCC(C(=O)N(CC)CC(C)C(=O)O)CC1. The van der Waals surface area contributed by atoms with Gasteiger partial charge in [0.25, 0.3) is 0 Å². The highest BCUT2D eigenvalue weighted by Crippen LogP contribution is 2.33. The molecule has 0 aromatic carbocycles. The highest BCUT2D eigenvalue weighted by Gasteiger charge is 2.30. The van der Waals surface area contributed by atoms with Crippen LogP contribution in [0, 0.1) is 17.8 Å². The molecule has 0 bridgehead atoms. The van der Waals surface area contributed by atoms with Crippen molar-refractivity contribution in [3.63, 3.8) is 0 Å². The number of nitrogens with zero attached hydrogens (tertiary/aromatic N) is 1. The molecule has 1 N–H and O–H groups in total. The van der Waals surface area contributed by atoms with E-state index < -0.39 is 11.9 Å². The summed E-state index contributed by atoms with van der Waals surface area (Å²) >= 11 is 0. The van der Waals surface area contributed by atoms with Gasteiger partial charge in [-0.3, -0.25) is 9.59 Å². The Hall–Kier alpha value is -1.06. The van der Waals surface area contributed by atoms with Crippen molar-refractivity contribution in [2.24, 2.45) is 17.8 Å². The van der Waals surface area contributed by atoms with Crippen molar-refractivity contribution in [3.8, 4) is 0 Å². The summed E-state index contributed by atoms with van der Waals surface area (Å²) in [6.45, 7) is 6.75. The highest BCUT2D eigenvalue weighted by molar-refractivity contribution is 5.79. The van der Waals surface area contributed by atoms with Gasteiger partial charge in [0, 0.05) is 19.0 Å². The van der Waals surface area contributed by atoms with Gasteiger partial charge in [-0.1, -0.05) is 33.1 Å². The molecule has 0 aliphatic heterocycles. The first-order chi connectivity index (χ1) is 9.99. The van der Waals surface area contributed by atoms with E-state index >= 15 is 0 Å². The number of rotatable bonds is 8. The summed E-state index contributed by atoms with van der Waals surface area (Å²) in [6.07, 6.45) is 8.10. The monoisotopic (exact) mass is 297 g/mol. The van der Waals surface area contributed by atoms with Crippen LogP contribution in [0.4, 0.5) is 0 Å². The van der Waals surface area contributed by atoms with Crippen LogP contribution >= 0.6 is 0 Å². The van der Waals surface area contributed by atoms with Crippen molar-refractivity contribution in [1.82, 2.24) is 4.90 Å². The number of hydrogen-bond acceptors (Lipinski definition) is 2. The molecule has 122 valence electrons. The second kappa shape index (κ2) is 9.06. The first-order valence-electron chi connectivity index (χ1n) is 8.51. The zero-order valence-corrected chi connectivity index (χ0v) is 13.8. The molecular formula is C17H31NO3.